The molecule has 0 spiro atoms. The molecule has 1 atom stereocenters. The van der Waals surface area contributed by atoms with Crippen molar-refractivity contribution >= 4 is 7.60 Å². The van der Waals surface area contributed by atoms with Gasteiger partial charge < -0.3 is 9.79 Å². The molecule has 0 fully saturated rings. The Kier molecular flexibility index (Phi) is 5.46. The second-order valence-corrected chi connectivity index (χ2v) is 7.72. The summed E-state index contributed by atoms with van der Waals surface area (Å²) in [5, 5.41) is 0. The molecule has 23 heavy (non-hydrogen) atoms. The van der Waals surface area contributed by atoms with E-state index in [9.17, 15) is 14.4 Å². The molecule has 2 aromatic carbocycles. The van der Waals surface area contributed by atoms with Crippen LogP contribution in [0.4, 0.5) is 0 Å². The van der Waals surface area contributed by atoms with E-state index in [1.165, 1.54) is 0 Å². The summed E-state index contributed by atoms with van der Waals surface area (Å²) >= 11 is 0. The van der Waals surface area contributed by atoms with Crippen LogP contribution in [0.2, 0.25) is 0 Å². The lowest BCUT2D eigenvalue weighted by Crippen LogP contribution is -2.08. The summed E-state index contributed by atoms with van der Waals surface area (Å²) in [6, 6.07) is 11.5. The summed E-state index contributed by atoms with van der Waals surface area (Å²) in [5.41, 5.74) is 4.92. The zero-order chi connectivity index (χ0) is 17.2. The van der Waals surface area contributed by atoms with Crippen LogP contribution in [0.3, 0.4) is 0 Å². The summed E-state index contributed by atoms with van der Waals surface area (Å²) in [5.74, 6) is 0. The Labute approximate surface area is 138 Å². The largest absolute Gasteiger partial charge is 0.337 e. The molecule has 0 radical (unpaired) electrons. The first-order valence-corrected chi connectivity index (χ1v) is 9.70. The fraction of sp³-hybridized carbons (Fsp3) is 0.368. The van der Waals surface area contributed by atoms with Gasteiger partial charge in [0, 0.05) is 0 Å². The van der Waals surface area contributed by atoms with Crippen molar-refractivity contribution in [1.29, 1.82) is 0 Å². The van der Waals surface area contributed by atoms with E-state index < -0.39 is 13.3 Å². The topological polar surface area (TPSA) is 57.5 Å². The van der Waals surface area contributed by atoms with Crippen LogP contribution in [0, 0.1) is 13.8 Å². The fourth-order valence-corrected chi connectivity index (χ4v) is 4.32. The number of benzene rings is 2. The van der Waals surface area contributed by atoms with Crippen LogP contribution in [-0.4, -0.2) is 9.79 Å². The van der Waals surface area contributed by atoms with Crippen molar-refractivity contribution in [2.75, 3.05) is 0 Å². The standard InChI is InChI=1S/C19H25O3P/c1-5-15-8-7-9-18(17(15)6-2)19(23(20,21)22)16-11-10-13(3)14(4)12-16/h7-12,19H,5-6H2,1-4H3,(H2,20,21,22). The van der Waals surface area contributed by atoms with Gasteiger partial charge in [-0.1, -0.05) is 50.2 Å². The molecule has 0 aliphatic carbocycles. The molecule has 2 aromatic rings. The van der Waals surface area contributed by atoms with E-state index in [2.05, 4.69) is 6.92 Å². The zero-order valence-electron chi connectivity index (χ0n) is 14.2. The van der Waals surface area contributed by atoms with Gasteiger partial charge in [0.05, 0.1) is 0 Å². The number of hydrogen-bond acceptors (Lipinski definition) is 1. The molecule has 0 bridgehead atoms. The first kappa shape index (κ1) is 17.9. The van der Waals surface area contributed by atoms with Gasteiger partial charge in [0.15, 0.2) is 0 Å². The second kappa shape index (κ2) is 7.00. The number of rotatable bonds is 5. The van der Waals surface area contributed by atoms with Gasteiger partial charge in [0.2, 0.25) is 0 Å². The monoisotopic (exact) mass is 332 g/mol. The van der Waals surface area contributed by atoms with Crippen LogP contribution in [0.1, 0.15) is 52.9 Å². The van der Waals surface area contributed by atoms with Gasteiger partial charge in [-0.2, -0.15) is 0 Å². The Balaban J connectivity index is 2.70. The van der Waals surface area contributed by atoms with Gasteiger partial charge >= 0.3 is 7.60 Å². The van der Waals surface area contributed by atoms with E-state index in [0.717, 1.165) is 40.7 Å². The lowest BCUT2D eigenvalue weighted by Gasteiger charge is -2.24. The van der Waals surface area contributed by atoms with E-state index in [-0.39, 0.29) is 0 Å². The van der Waals surface area contributed by atoms with Crippen LogP contribution in [0.25, 0.3) is 0 Å². The Hall–Kier alpha value is -1.41. The van der Waals surface area contributed by atoms with E-state index in [1.54, 1.807) is 0 Å². The highest BCUT2D eigenvalue weighted by Crippen LogP contribution is 2.56. The lowest BCUT2D eigenvalue weighted by atomic mass is 9.92. The summed E-state index contributed by atoms with van der Waals surface area (Å²) in [7, 11) is -4.33. The van der Waals surface area contributed by atoms with Crippen LogP contribution in [-0.2, 0) is 17.4 Å². The van der Waals surface area contributed by atoms with Gasteiger partial charge in [-0.25, -0.2) is 0 Å². The Morgan fingerprint density at radius 2 is 1.70 bits per heavy atom. The molecule has 0 aromatic heterocycles. The highest BCUT2D eigenvalue weighted by Gasteiger charge is 2.34. The molecule has 0 amide bonds. The van der Waals surface area contributed by atoms with Gasteiger partial charge in [0.25, 0.3) is 0 Å². The van der Waals surface area contributed by atoms with Gasteiger partial charge in [-0.15, -0.1) is 0 Å². The number of aryl methyl sites for hydroxylation is 3. The van der Waals surface area contributed by atoms with Gasteiger partial charge in [-0.05, 0) is 60.1 Å². The van der Waals surface area contributed by atoms with Crippen molar-refractivity contribution in [2.45, 2.75) is 46.2 Å². The second-order valence-electron chi connectivity index (χ2n) is 6.03. The minimum Gasteiger partial charge on any atom is -0.324 e. The van der Waals surface area contributed by atoms with Crippen molar-refractivity contribution in [3.63, 3.8) is 0 Å². The van der Waals surface area contributed by atoms with Crippen molar-refractivity contribution < 1.29 is 14.4 Å². The molecular formula is C19H25O3P. The summed E-state index contributed by atoms with van der Waals surface area (Å²) < 4.78 is 12.3. The predicted molar refractivity (Wildman–Crippen MR) is 95.0 cm³/mol. The third-order valence-electron chi connectivity index (χ3n) is 4.52. The van der Waals surface area contributed by atoms with E-state index in [1.807, 2.05) is 57.2 Å². The highest BCUT2D eigenvalue weighted by molar-refractivity contribution is 7.52. The molecule has 1 unspecified atom stereocenters. The predicted octanol–water partition coefficient (Wildman–Crippen LogP) is 4.70. The third-order valence-corrected chi connectivity index (χ3v) is 5.77. The van der Waals surface area contributed by atoms with Gasteiger partial charge in [-0.3, -0.25) is 4.57 Å². The maximum Gasteiger partial charge on any atom is 0.337 e. The molecule has 0 saturated carbocycles. The summed E-state index contributed by atoms with van der Waals surface area (Å²) in [6.45, 7) is 8.08. The zero-order valence-corrected chi connectivity index (χ0v) is 15.1. The average Bonchev–Trinajstić information content (AvgIpc) is 2.49. The molecular weight excluding hydrogens is 307 g/mol. The van der Waals surface area contributed by atoms with Crippen LogP contribution in [0.5, 0.6) is 0 Å². The molecule has 0 aliphatic heterocycles. The SMILES string of the molecule is CCc1cccc(C(c2ccc(C)c(C)c2)P(=O)(O)O)c1CC. The summed E-state index contributed by atoms with van der Waals surface area (Å²) in [4.78, 5) is 20.1. The third kappa shape index (κ3) is 3.74. The first-order valence-electron chi connectivity index (χ1n) is 8.02. The lowest BCUT2D eigenvalue weighted by molar-refractivity contribution is 0.364. The Morgan fingerprint density at radius 3 is 2.22 bits per heavy atom. The highest BCUT2D eigenvalue weighted by atomic mass is 31.2. The van der Waals surface area contributed by atoms with Crippen molar-refractivity contribution in [3.8, 4) is 0 Å². The van der Waals surface area contributed by atoms with E-state index in [4.69, 9.17) is 0 Å². The minimum atomic E-state index is -4.33. The normalized spacial score (nSPS) is 13.1. The minimum absolute atomic E-state index is 0.685. The Bertz CT molecular complexity index is 746. The molecule has 2 rings (SSSR count). The Morgan fingerprint density at radius 1 is 1.00 bits per heavy atom. The van der Waals surface area contributed by atoms with Crippen LogP contribution >= 0.6 is 7.60 Å². The maximum atomic E-state index is 12.3. The first-order chi connectivity index (χ1) is 10.8. The molecule has 0 heterocycles. The molecule has 124 valence electrons. The molecule has 3 nitrogen and oxygen atoms in total. The van der Waals surface area contributed by atoms with Crippen molar-refractivity contribution in [3.05, 3.63) is 69.8 Å². The summed E-state index contributed by atoms with van der Waals surface area (Å²) in [6.07, 6.45) is 1.62. The number of hydrogen-bond donors (Lipinski definition) is 2. The van der Waals surface area contributed by atoms with E-state index in [0.29, 0.717) is 5.56 Å². The molecule has 4 heteroatoms. The van der Waals surface area contributed by atoms with Crippen molar-refractivity contribution in [2.24, 2.45) is 0 Å². The molecule has 2 N–H and O–H groups in total. The fourth-order valence-electron chi connectivity index (χ4n) is 3.16. The average molecular weight is 332 g/mol. The van der Waals surface area contributed by atoms with E-state index >= 15 is 0 Å². The molecule has 0 aliphatic rings. The smallest absolute Gasteiger partial charge is 0.324 e. The quantitative estimate of drug-likeness (QED) is 0.781. The van der Waals surface area contributed by atoms with Crippen molar-refractivity contribution in [1.82, 2.24) is 0 Å². The maximum absolute atomic E-state index is 12.3. The molecule has 0 saturated heterocycles. The van der Waals surface area contributed by atoms with Gasteiger partial charge in [0.1, 0.15) is 5.66 Å². The van der Waals surface area contributed by atoms with Crippen LogP contribution < -0.4 is 0 Å². The van der Waals surface area contributed by atoms with Crippen LogP contribution in [0.15, 0.2) is 36.4 Å².